The van der Waals surface area contributed by atoms with Gasteiger partial charge < -0.3 is 5.73 Å². The first-order valence-corrected chi connectivity index (χ1v) is 5.29. The second-order valence-corrected chi connectivity index (χ2v) is 3.90. The lowest BCUT2D eigenvalue weighted by atomic mass is 9.68. The van der Waals surface area contributed by atoms with Crippen LogP contribution in [-0.4, -0.2) is 13.8 Å². The average Bonchev–Trinajstić information content (AvgIpc) is 2.02. The molecule has 0 atom stereocenters. The van der Waals surface area contributed by atoms with Crippen LogP contribution in [0.15, 0.2) is 0 Å². The molecule has 1 nitrogen and oxygen atoms in total. The second kappa shape index (κ2) is 9.12. The molecule has 0 spiro atoms. The third-order valence-electron chi connectivity index (χ3n) is 2.05. The Bertz CT molecular complexity index is 83.9. The van der Waals surface area contributed by atoms with E-state index in [1.165, 1.54) is 38.3 Å². The summed E-state index contributed by atoms with van der Waals surface area (Å²) in [6, 6.07) is 0. The van der Waals surface area contributed by atoms with Crippen molar-refractivity contribution in [3.63, 3.8) is 0 Å². The van der Waals surface area contributed by atoms with Crippen LogP contribution in [0.2, 0.25) is 12.6 Å². The molecule has 0 aliphatic carbocycles. The minimum Gasteiger partial charge on any atom is -0.330 e. The van der Waals surface area contributed by atoms with Crippen molar-refractivity contribution in [1.29, 1.82) is 0 Å². The van der Waals surface area contributed by atoms with E-state index in [9.17, 15) is 0 Å². The van der Waals surface area contributed by atoms with E-state index in [4.69, 9.17) is 5.73 Å². The quantitative estimate of drug-likeness (QED) is 0.437. The predicted molar refractivity (Wildman–Crippen MR) is 57.7 cm³/mol. The van der Waals surface area contributed by atoms with Crippen molar-refractivity contribution in [2.75, 3.05) is 6.54 Å². The Hall–Kier alpha value is 0.0249. The van der Waals surface area contributed by atoms with Crippen molar-refractivity contribution in [3.05, 3.63) is 0 Å². The van der Waals surface area contributed by atoms with Crippen molar-refractivity contribution < 1.29 is 0 Å². The number of nitrogens with two attached hydrogens (primary N) is 1. The van der Waals surface area contributed by atoms with Crippen molar-refractivity contribution in [1.82, 2.24) is 0 Å². The number of rotatable bonds is 8. The van der Waals surface area contributed by atoms with Gasteiger partial charge in [-0.1, -0.05) is 45.8 Å². The SMILES string of the molecule is CC(C)CCC[B]CCCCN. The van der Waals surface area contributed by atoms with Crippen molar-refractivity contribution in [3.8, 4) is 0 Å². The van der Waals surface area contributed by atoms with Gasteiger partial charge >= 0.3 is 0 Å². The fourth-order valence-corrected chi connectivity index (χ4v) is 1.25. The molecule has 0 saturated heterocycles. The first-order chi connectivity index (χ1) is 5.77. The minimum absolute atomic E-state index is 0.847. The molecule has 0 heterocycles. The molecule has 12 heavy (non-hydrogen) atoms. The van der Waals surface area contributed by atoms with Gasteiger partial charge in [-0.3, -0.25) is 0 Å². The highest BCUT2D eigenvalue weighted by Crippen LogP contribution is 2.07. The number of hydrogen-bond acceptors (Lipinski definition) is 1. The predicted octanol–water partition coefficient (Wildman–Crippen LogP) is 2.70. The van der Waals surface area contributed by atoms with Crippen LogP contribution in [0.5, 0.6) is 0 Å². The Kier molecular flexibility index (Phi) is 9.13. The third-order valence-corrected chi connectivity index (χ3v) is 2.05. The smallest absolute Gasteiger partial charge is 0.109 e. The third kappa shape index (κ3) is 10.0. The van der Waals surface area contributed by atoms with Crippen LogP contribution in [0.1, 0.15) is 39.5 Å². The molecule has 0 unspecified atom stereocenters. The van der Waals surface area contributed by atoms with E-state index in [-0.39, 0.29) is 0 Å². The summed E-state index contributed by atoms with van der Waals surface area (Å²) in [6.45, 7) is 5.42. The largest absolute Gasteiger partial charge is 0.330 e. The molecule has 0 saturated carbocycles. The Morgan fingerprint density at radius 1 is 1.08 bits per heavy atom. The Labute approximate surface area is 78.4 Å². The van der Waals surface area contributed by atoms with E-state index in [2.05, 4.69) is 21.1 Å². The van der Waals surface area contributed by atoms with E-state index >= 15 is 0 Å². The summed E-state index contributed by atoms with van der Waals surface area (Å²) in [4.78, 5) is 0. The first kappa shape index (κ1) is 12.0. The van der Waals surface area contributed by atoms with Gasteiger partial charge in [-0.25, -0.2) is 0 Å². The van der Waals surface area contributed by atoms with Crippen LogP contribution in [0.4, 0.5) is 0 Å². The summed E-state index contributed by atoms with van der Waals surface area (Å²) in [5.41, 5.74) is 5.40. The zero-order valence-electron chi connectivity index (χ0n) is 8.68. The highest BCUT2D eigenvalue weighted by atomic mass is 14.5. The molecular weight excluding hydrogens is 145 g/mol. The Morgan fingerprint density at radius 3 is 2.33 bits per heavy atom. The lowest BCUT2D eigenvalue weighted by molar-refractivity contribution is 0.575. The van der Waals surface area contributed by atoms with Crippen molar-refractivity contribution in [2.45, 2.75) is 52.2 Å². The van der Waals surface area contributed by atoms with Crippen molar-refractivity contribution >= 4 is 7.28 Å². The van der Waals surface area contributed by atoms with E-state index in [0.29, 0.717) is 0 Å². The molecule has 1 radical (unpaired) electrons. The van der Waals surface area contributed by atoms with Gasteiger partial charge in [0.2, 0.25) is 0 Å². The van der Waals surface area contributed by atoms with Gasteiger partial charge in [-0.05, 0) is 18.9 Å². The molecule has 0 aromatic rings. The van der Waals surface area contributed by atoms with Crippen LogP contribution in [0.25, 0.3) is 0 Å². The van der Waals surface area contributed by atoms with Gasteiger partial charge in [0.25, 0.3) is 0 Å². The first-order valence-electron chi connectivity index (χ1n) is 5.29. The Morgan fingerprint density at radius 2 is 1.75 bits per heavy atom. The summed E-state index contributed by atoms with van der Waals surface area (Å²) in [6.07, 6.45) is 7.74. The fourth-order valence-electron chi connectivity index (χ4n) is 1.25. The van der Waals surface area contributed by atoms with Crippen LogP contribution >= 0.6 is 0 Å². The molecule has 2 heteroatoms. The molecule has 0 fully saturated rings. The lowest BCUT2D eigenvalue weighted by Crippen LogP contribution is -1.99. The molecule has 0 rings (SSSR count). The van der Waals surface area contributed by atoms with E-state index in [1.807, 2.05) is 0 Å². The lowest BCUT2D eigenvalue weighted by Gasteiger charge is -2.02. The van der Waals surface area contributed by atoms with Crippen LogP contribution in [0, 0.1) is 5.92 Å². The van der Waals surface area contributed by atoms with Crippen LogP contribution in [-0.2, 0) is 0 Å². The van der Waals surface area contributed by atoms with Crippen LogP contribution in [0.3, 0.4) is 0 Å². The average molecular weight is 168 g/mol. The highest BCUT2D eigenvalue weighted by molar-refractivity contribution is 6.35. The zero-order chi connectivity index (χ0) is 9.23. The maximum absolute atomic E-state index is 5.40. The van der Waals surface area contributed by atoms with Crippen molar-refractivity contribution in [2.24, 2.45) is 11.7 Å². The molecular formula is C10H23BN. The maximum Gasteiger partial charge on any atom is 0.109 e. The molecule has 0 aliphatic heterocycles. The molecule has 0 aromatic carbocycles. The van der Waals surface area contributed by atoms with Gasteiger partial charge in [-0.2, -0.15) is 0 Å². The van der Waals surface area contributed by atoms with E-state index < -0.39 is 0 Å². The number of unbranched alkanes of at least 4 members (excludes halogenated alkanes) is 1. The summed E-state index contributed by atoms with van der Waals surface area (Å²) in [7, 11) is 2.41. The van der Waals surface area contributed by atoms with Crippen LogP contribution < -0.4 is 5.73 Å². The van der Waals surface area contributed by atoms with Gasteiger partial charge in [0.05, 0.1) is 0 Å². The minimum atomic E-state index is 0.847. The monoisotopic (exact) mass is 168 g/mol. The Balaban J connectivity index is 2.82. The van der Waals surface area contributed by atoms with E-state index in [0.717, 1.165) is 12.5 Å². The zero-order valence-corrected chi connectivity index (χ0v) is 8.68. The van der Waals surface area contributed by atoms with Gasteiger partial charge in [0.1, 0.15) is 7.28 Å². The standard InChI is InChI=1S/C10H23BN/c1-10(2)6-5-8-11-7-3-4-9-12/h10H,3-9,12H2,1-2H3. The second-order valence-electron chi connectivity index (χ2n) is 3.90. The summed E-state index contributed by atoms with van der Waals surface area (Å²) >= 11 is 0. The van der Waals surface area contributed by atoms with Gasteiger partial charge in [-0.15, -0.1) is 0 Å². The molecule has 2 N–H and O–H groups in total. The highest BCUT2D eigenvalue weighted by Gasteiger charge is 1.95. The maximum atomic E-state index is 5.40. The summed E-state index contributed by atoms with van der Waals surface area (Å²) in [5, 5.41) is 0. The topological polar surface area (TPSA) is 26.0 Å². The molecule has 0 aliphatic rings. The van der Waals surface area contributed by atoms with Gasteiger partial charge in [0, 0.05) is 0 Å². The van der Waals surface area contributed by atoms with E-state index in [1.54, 1.807) is 0 Å². The molecule has 0 aromatic heterocycles. The molecule has 0 amide bonds. The summed E-state index contributed by atoms with van der Waals surface area (Å²) in [5.74, 6) is 0.863. The molecule has 0 bridgehead atoms. The summed E-state index contributed by atoms with van der Waals surface area (Å²) < 4.78 is 0. The molecule has 71 valence electrons. The van der Waals surface area contributed by atoms with Gasteiger partial charge in [0.15, 0.2) is 0 Å². The fraction of sp³-hybridized carbons (Fsp3) is 1.00. The normalized spacial score (nSPS) is 10.7. The number of hydrogen-bond donors (Lipinski definition) is 1.